The van der Waals surface area contributed by atoms with E-state index in [4.69, 9.17) is 26.5 Å². The van der Waals surface area contributed by atoms with Gasteiger partial charge in [0, 0.05) is 10.4 Å². The maximum absolute atomic E-state index is 13.6. The third-order valence-electron chi connectivity index (χ3n) is 3.12. The number of para-hydroxylation sites is 1. The molecule has 0 saturated heterocycles. The molecule has 1 aromatic heterocycles. The smallest absolute Gasteiger partial charge is 0.169 e. The van der Waals surface area contributed by atoms with E-state index in [2.05, 4.69) is 0 Å². The zero-order valence-electron chi connectivity index (χ0n) is 11.1. The molecule has 0 aliphatic heterocycles. The highest BCUT2D eigenvalue weighted by Crippen LogP contribution is 2.25. The number of hydrogen-bond acceptors (Lipinski definition) is 3. The summed E-state index contributed by atoms with van der Waals surface area (Å²) in [6.45, 7) is 0.225. The van der Waals surface area contributed by atoms with Crippen molar-refractivity contribution >= 4 is 22.6 Å². The first-order chi connectivity index (χ1) is 10.1. The van der Waals surface area contributed by atoms with E-state index >= 15 is 0 Å². The molecule has 3 nitrogen and oxygen atoms in total. The predicted molar refractivity (Wildman–Crippen MR) is 80.0 cm³/mol. The molecule has 1 unspecified atom stereocenters. The van der Waals surface area contributed by atoms with Crippen molar-refractivity contribution in [2.45, 2.75) is 6.04 Å². The number of benzene rings is 2. The third kappa shape index (κ3) is 3.01. The normalized spacial score (nSPS) is 12.5. The second-order valence-corrected chi connectivity index (χ2v) is 5.11. The summed E-state index contributed by atoms with van der Waals surface area (Å²) in [5.74, 6) is 0.755. The van der Waals surface area contributed by atoms with E-state index in [9.17, 15) is 4.39 Å². The average Bonchev–Trinajstić information content (AvgIpc) is 2.92. The van der Waals surface area contributed by atoms with Crippen LogP contribution in [0.1, 0.15) is 11.8 Å². The van der Waals surface area contributed by atoms with Gasteiger partial charge in [-0.25, -0.2) is 4.39 Å². The Bertz CT molecular complexity index is 755. The fraction of sp³-hybridized carbons (Fsp3) is 0.125. The van der Waals surface area contributed by atoms with Crippen LogP contribution >= 0.6 is 11.6 Å². The van der Waals surface area contributed by atoms with Gasteiger partial charge in [0.1, 0.15) is 18.1 Å². The Morgan fingerprint density at radius 3 is 2.67 bits per heavy atom. The van der Waals surface area contributed by atoms with Crippen molar-refractivity contribution in [2.24, 2.45) is 5.73 Å². The molecule has 0 aliphatic rings. The van der Waals surface area contributed by atoms with Gasteiger partial charge in [0.2, 0.25) is 0 Å². The van der Waals surface area contributed by atoms with Crippen molar-refractivity contribution in [1.82, 2.24) is 0 Å². The number of hydrogen-bond donors (Lipinski definition) is 1. The van der Waals surface area contributed by atoms with Gasteiger partial charge in [0.15, 0.2) is 11.4 Å². The molecule has 1 atom stereocenters. The number of rotatable bonds is 4. The average molecular weight is 306 g/mol. The van der Waals surface area contributed by atoms with E-state index in [0.717, 1.165) is 0 Å². The van der Waals surface area contributed by atoms with Crippen LogP contribution in [-0.4, -0.2) is 6.61 Å². The summed E-state index contributed by atoms with van der Waals surface area (Å²) in [5.41, 5.74) is 6.24. The first-order valence-electron chi connectivity index (χ1n) is 6.45. The summed E-state index contributed by atoms with van der Waals surface area (Å²) in [6, 6.07) is 13.0. The second-order valence-electron chi connectivity index (χ2n) is 4.68. The van der Waals surface area contributed by atoms with E-state index < -0.39 is 11.9 Å². The van der Waals surface area contributed by atoms with E-state index in [0.29, 0.717) is 21.9 Å². The molecule has 108 valence electrons. The van der Waals surface area contributed by atoms with Gasteiger partial charge in [0.25, 0.3) is 0 Å². The largest absolute Gasteiger partial charge is 0.491 e. The molecule has 5 heteroatoms. The van der Waals surface area contributed by atoms with Gasteiger partial charge in [-0.2, -0.15) is 0 Å². The highest BCUT2D eigenvalue weighted by Gasteiger charge is 2.14. The van der Waals surface area contributed by atoms with Gasteiger partial charge in [-0.05, 0) is 36.4 Å². The Balaban J connectivity index is 1.73. The summed E-state index contributed by atoms with van der Waals surface area (Å²) < 4.78 is 24.6. The molecule has 0 aliphatic carbocycles. The molecule has 21 heavy (non-hydrogen) atoms. The van der Waals surface area contributed by atoms with Crippen LogP contribution in [0.5, 0.6) is 5.75 Å². The Morgan fingerprint density at radius 2 is 1.95 bits per heavy atom. The molecular weight excluding hydrogens is 293 g/mol. The number of fused-ring (bicyclic) bond motifs is 1. The number of halogens is 2. The quantitative estimate of drug-likeness (QED) is 0.781. The Kier molecular flexibility index (Phi) is 3.82. The zero-order chi connectivity index (χ0) is 14.8. The lowest BCUT2D eigenvalue weighted by molar-refractivity contribution is 0.275. The van der Waals surface area contributed by atoms with Crippen LogP contribution in [0.25, 0.3) is 11.0 Å². The Labute approximate surface area is 126 Å². The fourth-order valence-corrected chi connectivity index (χ4v) is 2.16. The van der Waals surface area contributed by atoms with Crippen molar-refractivity contribution in [3.05, 3.63) is 65.1 Å². The standard InChI is InChI=1S/C16H13ClFNO2/c17-11-4-6-12(7-5-11)20-9-14(19)15-8-10-2-1-3-13(18)16(10)21-15/h1-8,14H,9,19H2. The highest BCUT2D eigenvalue weighted by molar-refractivity contribution is 6.30. The van der Waals surface area contributed by atoms with Gasteiger partial charge >= 0.3 is 0 Å². The van der Waals surface area contributed by atoms with Crippen LogP contribution in [0.2, 0.25) is 5.02 Å². The first kappa shape index (κ1) is 13.9. The maximum Gasteiger partial charge on any atom is 0.169 e. The summed E-state index contributed by atoms with van der Waals surface area (Å²) in [4.78, 5) is 0. The van der Waals surface area contributed by atoms with E-state index in [-0.39, 0.29) is 12.2 Å². The van der Waals surface area contributed by atoms with Gasteiger partial charge in [-0.15, -0.1) is 0 Å². The van der Waals surface area contributed by atoms with Crippen molar-refractivity contribution in [3.63, 3.8) is 0 Å². The van der Waals surface area contributed by atoms with E-state index in [1.54, 1.807) is 42.5 Å². The molecule has 0 fully saturated rings. The van der Waals surface area contributed by atoms with Crippen molar-refractivity contribution in [2.75, 3.05) is 6.61 Å². The summed E-state index contributed by atoms with van der Waals surface area (Å²) in [7, 11) is 0. The van der Waals surface area contributed by atoms with Crippen molar-refractivity contribution < 1.29 is 13.5 Å². The first-order valence-corrected chi connectivity index (χ1v) is 6.83. The number of furan rings is 1. The van der Waals surface area contributed by atoms with E-state index in [1.807, 2.05) is 0 Å². The lowest BCUT2D eigenvalue weighted by atomic mass is 10.2. The van der Waals surface area contributed by atoms with Crippen molar-refractivity contribution in [1.29, 1.82) is 0 Å². The Morgan fingerprint density at radius 1 is 1.19 bits per heavy atom. The van der Waals surface area contributed by atoms with Crippen LogP contribution in [0.15, 0.2) is 52.9 Å². The molecular formula is C16H13ClFNO2. The molecule has 3 aromatic rings. The highest BCUT2D eigenvalue weighted by atomic mass is 35.5. The summed E-state index contributed by atoms with van der Waals surface area (Å²) in [6.07, 6.45) is 0. The molecule has 0 amide bonds. The molecule has 0 spiro atoms. The third-order valence-corrected chi connectivity index (χ3v) is 3.38. The van der Waals surface area contributed by atoms with Crippen LogP contribution < -0.4 is 10.5 Å². The van der Waals surface area contributed by atoms with Gasteiger partial charge < -0.3 is 14.9 Å². The number of nitrogens with two attached hydrogens (primary N) is 1. The molecule has 2 N–H and O–H groups in total. The van der Waals surface area contributed by atoms with Gasteiger partial charge in [-0.1, -0.05) is 23.7 Å². The van der Waals surface area contributed by atoms with Crippen LogP contribution in [0, 0.1) is 5.82 Å². The van der Waals surface area contributed by atoms with Gasteiger partial charge in [-0.3, -0.25) is 0 Å². The molecule has 0 radical (unpaired) electrons. The topological polar surface area (TPSA) is 48.4 Å². The minimum atomic E-state index is -0.479. The van der Waals surface area contributed by atoms with Crippen LogP contribution in [0.4, 0.5) is 4.39 Å². The maximum atomic E-state index is 13.6. The Hall–Kier alpha value is -2.04. The van der Waals surface area contributed by atoms with Gasteiger partial charge in [0.05, 0.1) is 6.04 Å². The minimum absolute atomic E-state index is 0.217. The SMILES string of the molecule is NC(COc1ccc(Cl)cc1)c1cc2cccc(F)c2o1. The summed E-state index contributed by atoms with van der Waals surface area (Å²) in [5, 5.41) is 1.33. The lowest BCUT2D eigenvalue weighted by Crippen LogP contribution is -2.18. The van der Waals surface area contributed by atoms with Crippen LogP contribution in [0.3, 0.4) is 0 Å². The molecule has 2 aromatic carbocycles. The zero-order valence-corrected chi connectivity index (χ0v) is 11.8. The molecule has 3 rings (SSSR count). The monoisotopic (exact) mass is 305 g/mol. The molecule has 1 heterocycles. The molecule has 0 bridgehead atoms. The van der Waals surface area contributed by atoms with E-state index in [1.165, 1.54) is 6.07 Å². The van der Waals surface area contributed by atoms with Crippen molar-refractivity contribution in [3.8, 4) is 5.75 Å². The lowest BCUT2D eigenvalue weighted by Gasteiger charge is -2.10. The predicted octanol–water partition coefficient (Wildman–Crippen LogP) is 4.30. The minimum Gasteiger partial charge on any atom is -0.491 e. The second kappa shape index (κ2) is 5.76. The van der Waals surface area contributed by atoms with Crippen LogP contribution in [-0.2, 0) is 0 Å². The number of ether oxygens (including phenoxy) is 1. The fourth-order valence-electron chi connectivity index (χ4n) is 2.03. The molecule has 0 saturated carbocycles. The summed E-state index contributed by atoms with van der Waals surface area (Å²) >= 11 is 5.80.